The molecular weight excluding hydrogens is 260 g/mol. The highest BCUT2D eigenvalue weighted by atomic mass is 16.5. The summed E-state index contributed by atoms with van der Waals surface area (Å²) in [5.74, 6) is 0. The predicted octanol–water partition coefficient (Wildman–Crippen LogP) is 0.521. The number of benzene rings is 1. The minimum atomic E-state index is -0.443. The van der Waals surface area contributed by atoms with Crippen LogP contribution < -0.4 is 11.4 Å². The van der Waals surface area contributed by atoms with E-state index in [1.165, 1.54) is 0 Å². The number of aryl methyl sites for hydroxylation is 1. The summed E-state index contributed by atoms with van der Waals surface area (Å²) in [5.41, 5.74) is 7.97. The molecule has 0 spiro atoms. The number of nitrogens with two attached hydrogens (primary N) is 1. The van der Waals surface area contributed by atoms with Gasteiger partial charge in [0.2, 0.25) is 0 Å². The van der Waals surface area contributed by atoms with Crippen LogP contribution in [0, 0.1) is 6.92 Å². The van der Waals surface area contributed by atoms with Gasteiger partial charge in [0, 0.05) is 18.8 Å². The topological polar surface area (TPSA) is 93.3 Å². The molecule has 0 unspecified atom stereocenters. The minimum absolute atomic E-state index is 0.340. The van der Waals surface area contributed by atoms with E-state index in [9.17, 15) is 9.59 Å². The molecule has 1 aliphatic rings. The van der Waals surface area contributed by atoms with Crippen molar-refractivity contribution in [3.63, 3.8) is 0 Å². The van der Waals surface area contributed by atoms with Gasteiger partial charge in [-0.05, 0) is 24.6 Å². The predicted molar refractivity (Wildman–Crippen MR) is 74.9 cm³/mol. The number of carbonyl (C=O) groups excluding carboxylic acids is 1. The molecule has 2 aromatic rings. The summed E-state index contributed by atoms with van der Waals surface area (Å²) in [4.78, 5) is 28.8. The summed E-state index contributed by atoms with van der Waals surface area (Å²) in [6.07, 6.45) is 0. The van der Waals surface area contributed by atoms with Crippen LogP contribution in [-0.2, 0) is 4.74 Å². The molecule has 0 bridgehead atoms. The summed E-state index contributed by atoms with van der Waals surface area (Å²) in [5, 5.41) is 0. The molecular formula is C13H16N4O3. The first-order chi connectivity index (χ1) is 9.58. The highest BCUT2D eigenvalue weighted by Crippen LogP contribution is 2.19. The quantitative estimate of drug-likeness (QED) is 0.686. The van der Waals surface area contributed by atoms with Crippen LogP contribution >= 0.6 is 0 Å². The maximum Gasteiger partial charge on any atom is 0.334 e. The van der Waals surface area contributed by atoms with Gasteiger partial charge in [-0.1, -0.05) is 0 Å². The maximum atomic E-state index is 12.5. The summed E-state index contributed by atoms with van der Waals surface area (Å²) in [6.45, 7) is 3.81. The number of H-pyrrole nitrogens is 1. The lowest BCUT2D eigenvalue weighted by Crippen LogP contribution is -2.45. The minimum Gasteiger partial charge on any atom is -0.398 e. The van der Waals surface area contributed by atoms with Gasteiger partial charge in [0.15, 0.2) is 0 Å². The van der Waals surface area contributed by atoms with E-state index in [1.807, 2.05) is 6.92 Å². The Hall–Kier alpha value is -2.28. The van der Waals surface area contributed by atoms with Gasteiger partial charge in [0.1, 0.15) is 0 Å². The largest absolute Gasteiger partial charge is 0.398 e. The van der Waals surface area contributed by atoms with Gasteiger partial charge in [0.05, 0.1) is 24.2 Å². The fourth-order valence-electron chi connectivity index (χ4n) is 2.36. The van der Waals surface area contributed by atoms with E-state index in [0.29, 0.717) is 43.0 Å². The van der Waals surface area contributed by atoms with Crippen LogP contribution in [0.1, 0.15) is 5.56 Å². The van der Waals surface area contributed by atoms with Gasteiger partial charge in [0.25, 0.3) is 0 Å². The Labute approximate surface area is 114 Å². The van der Waals surface area contributed by atoms with Crippen LogP contribution in [0.2, 0.25) is 0 Å². The van der Waals surface area contributed by atoms with Crippen molar-refractivity contribution in [3.05, 3.63) is 28.2 Å². The highest BCUT2D eigenvalue weighted by molar-refractivity contribution is 5.91. The number of rotatable bonds is 0. The van der Waals surface area contributed by atoms with Gasteiger partial charge in [-0.2, -0.15) is 0 Å². The third-order valence-electron chi connectivity index (χ3n) is 3.54. The Morgan fingerprint density at radius 2 is 2.05 bits per heavy atom. The summed E-state index contributed by atoms with van der Waals surface area (Å²) in [6, 6.07) is 3.09. The first-order valence-electron chi connectivity index (χ1n) is 6.46. The average Bonchev–Trinajstić information content (AvgIpc) is 2.75. The molecule has 1 amide bonds. The lowest BCUT2D eigenvalue weighted by Gasteiger charge is -2.26. The first-order valence-corrected chi connectivity index (χ1v) is 6.46. The van der Waals surface area contributed by atoms with Crippen LogP contribution in [0.15, 0.2) is 16.9 Å². The molecule has 1 aromatic carbocycles. The molecule has 106 valence electrons. The van der Waals surface area contributed by atoms with E-state index in [-0.39, 0.29) is 6.03 Å². The second-order valence-electron chi connectivity index (χ2n) is 4.87. The van der Waals surface area contributed by atoms with E-state index in [4.69, 9.17) is 10.5 Å². The van der Waals surface area contributed by atoms with E-state index in [2.05, 4.69) is 4.98 Å². The molecule has 20 heavy (non-hydrogen) atoms. The Kier molecular flexibility index (Phi) is 2.98. The van der Waals surface area contributed by atoms with Crippen molar-refractivity contribution in [2.24, 2.45) is 0 Å². The Morgan fingerprint density at radius 1 is 1.35 bits per heavy atom. The van der Waals surface area contributed by atoms with Gasteiger partial charge >= 0.3 is 11.7 Å². The number of hydrogen-bond donors (Lipinski definition) is 2. The summed E-state index contributed by atoms with van der Waals surface area (Å²) in [7, 11) is 0. The fourth-order valence-corrected chi connectivity index (χ4v) is 2.36. The lowest BCUT2D eigenvalue weighted by atomic mass is 10.2. The van der Waals surface area contributed by atoms with Crippen molar-refractivity contribution in [1.82, 2.24) is 14.5 Å². The number of carbonyl (C=O) groups is 1. The number of aromatic amines is 1. The zero-order valence-corrected chi connectivity index (χ0v) is 11.2. The van der Waals surface area contributed by atoms with Crippen LogP contribution in [0.25, 0.3) is 11.0 Å². The van der Waals surface area contributed by atoms with Crippen LogP contribution in [0.5, 0.6) is 0 Å². The van der Waals surface area contributed by atoms with E-state index in [1.54, 1.807) is 17.0 Å². The SMILES string of the molecule is Cc1cc2[nH]c(=O)n(C(=O)N3CCOCC3)c2cc1N. The number of fused-ring (bicyclic) bond motifs is 1. The van der Waals surface area contributed by atoms with Crippen molar-refractivity contribution in [3.8, 4) is 0 Å². The normalized spacial score (nSPS) is 15.8. The van der Waals surface area contributed by atoms with Crippen molar-refractivity contribution in [2.45, 2.75) is 6.92 Å². The summed E-state index contributed by atoms with van der Waals surface area (Å²) >= 11 is 0. The number of nitrogens with zero attached hydrogens (tertiary/aromatic N) is 2. The number of imidazole rings is 1. The van der Waals surface area contributed by atoms with E-state index in [0.717, 1.165) is 10.1 Å². The fraction of sp³-hybridized carbons (Fsp3) is 0.385. The molecule has 1 fully saturated rings. The Balaban J connectivity index is 2.10. The molecule has 3 rings (SSSR count). The number of nitrogen functional groups attached to an aromatic ring is 1. The van der Waals surface area contributed by atoms with E-state index < -0.39 is 5.69 Å². The van der Waals surface area contributed by atoms with Crippen molar-refractivity contribution in [1.29, 1.82) is 0 Å². The number of hydrogen-bond acceptors (Lipinski definition) is 4. The molecule has 1 saturated heterocycles. The van der Waals surface area contributed by atoms with Crippen LogP contribution in [0.3, 0.4) is 0 Å². The number of aromatic nitrogens is 2. The molecule has 0 aliphatic carbocycles. The molecule has 7 nitrogen and oxygen atoms in total. The number of morpholine rings is 1. The third-order valence-corrected chi connectivity index (χ3v) is 3.54. The smallest absolute Gasteiger partial charge is 0.334 e. The first kappa shape index (κ1) is 12.7. The molecule has 3 N–H and O–H groups in total. The van der Waals surface area contributed by atoms with E-state index >= 15 is 0 Å². The van der Waals surface area contributed by atoms with Gasteiger partial charge in [-0.3, -0.25) is 0 Å². The standard InChI is InChI=1S/C13H16N4O3/c1-8-6-10-11(7-9(8)14)17(12(18)15-10)13(19)16-2-4-20-5-3-16/h6-7H,2-5,14H2,1H3,(H,15,18). The molecule has 0 saturated carbocycles. The van der Waals surface area contributed by atoms with Crippen molar-refractivity contribution in [2.75, 3.05) is 32.0 Å². The Bertz CT molecular complexity index is 725. The molecule has 1 aromatic heterocycles. The number of amides is 1. The second-order valence-corrected chi connectivity index (χ2v) is 4.87. The molecule has 2 heterocycles. The van der Waals surface area contributed by atoms with Gasteiger partial charge in [-0.15, -0.1) is 0 Å². The van der Waals surface area contributed by atoms with Crippen LogP contribution in [-0.4, -0.2) is 46.8 Å². The van der Waals surface area contributed by atoms with Crippen molar-refractivity contribution < 1.29 is 9.53 Å². The second kappa shape index (κ2) is 4.68. The number of ether oxygens (including phenoxy) is 1. The lowest BCUT2D eigenvalue weighted by molar-refractivity contribution is 0.0536. The Morgan fingerprint density at radius 3 is 2.75 bits per heavy atom. The third kappa shape index (κ3) is 1.96. The maximum absolute atomic E-state index is 12.5. The number of nitrogens with one attached hydrogen (secondary N) is 1. The van der Waals surface area contributed by atoms with Gasteiger partial charge < -0.3 is 20.4 Å². The molecule has 0 atom stereocenters. The van der Waals surface area contributed by atoms with Crippen LogP contribution in [0.4, 0.5) is 10.5 Å². The monoisotopic (exact) mass is 276 g/mol. The zero-order valence-electron chi connectivity index (χ0n) is 11.2. The molecule has 0 radical (unpaired) electrons. The van der Waals surface area contributed by atoms with Gasteiger partial charge in [-0.25, -0.2) is 14.2 Å². The number of anilines is 1. The zero-order chi connectivity index (χ0) is 14.3. The molecule has 1 aliphatic heterocycles. The molecule has 7 heteroatoms. The van der Waals surface area contributed by atoms with Crippen molar-refractivity contribution >= 4 is 22.8 Å². The average molecular weight is 276 g/mol. The highest BCUT2D eigenvalue weighted by Gasteiger charge is 2.22. The summed E-state index contributed by atoms with van der Waals surface area (Å²) < 4.78 is 6.35.